The zero-order valence-electron chi connectivity index (χ0n) is 24.6. The number of thiophene rings is 1. The number of rotatable bonds is 16. The van der Waals surface area contributed by atoms with Crippen molar-refractivity contribution in [1.82, 2.24) is 10.2 Å². The number of benzene rings is 2. The van der Waals surface area contributed by atoms with Crippen molar-refractivity contribution in [2.75, 3.05) is 40.6 Å². The summed E-state index contributed by atoms with van der Waals surface area (Å²) in [7, 11) is 3.13. The summed E-state index contributed by atoms with van der Waals surface area (Å²) in [6.45, 7) is 3.94. The van der Waals surface area contributed by atoms with Crippen molar-refractivity contribution in [3.63, 3.8) is 0 Å². The van der Waals surface area contributed by atoms with Gasteiger partial charge in [0, 0.05) is 49.7 Å². The molecule has 2 aromatic carbocycles. The van der Waals surface area contributed by atoms with Crippen molar-refractivity contribution < 1.29 is 42.9 Å². The summed E-state index contributed by atoms with van der Waals surface area (Å²) in [4.78, 5) is 49.4. The molecule has 230 valence electrons. The van der Waals surface area contributed by atoms with Crippen LogP contribution in [-0.4, -0.2) is 69.6 Å². The highest BCUT2D eigenvalue weighted by molar-refractivity contribution is 7.20. The number of hydrogen-bond acceptors (Lipinski definition) is 10. The first-order valence-corrected chi connectivity index (χ1v) is 14.9. The monoisotopic (exact) mass is 612 g/mol. The predicted octanol–water partition coefficient (Wildman–Crippen LogP) is 4.27. The molecule has 1 aromatic heterocycles. The maximum Gasteiger partial charge on any atom is 0.306 e. The average molecular weight is 613 g/mol. The third-order valence-corrected chi connectivity index (χ3v) is 7.88. The molecule has 0 unspecified atom stereocenters. The largest absolute Gasteiger partial charge is 0.493 e. The summed E-state index contributed by atoms with van der Waals surface area (Å²) in [5.41, 5.74) is 1.96. The Morgan fingerprint density at radius 2 is 1.56 bits per heavy atom. The lowest BCUT2D eigenvalue weighted by atomic mass is 10.1. The van der Waals surface area contributed by atoms with Crippen LogP contribution in [0.2, 0.25) is 0 Å². The number of hydrogen-bond donors (Lipinski definition) is 1. The quantitative estimate of drug-likeness (QED) is 0.143. The summed E-state index contributed by atoms with van der Waals surface area (Å²) >= 11 is 1.34. The third-order valence-electron chi connectivity index (χ3n) is 6.79. The first-order chi connectivity index (χ1) is 20.9. The topological polar surface area (TPSA) is 130 Å². The summed E-state index contributed by atoms with van der Waals surface area (Å²) in [5, 5.41) is 3.58. The molecule has 1 aliphatic rings. The molecular formula is C31H36N2O9S. The van der Waals surface area contributed by atoms with E-state index in [0.717, 1.165) is 27.5 Å². The van der Waals surface area contributed by atoms with E-state index in [1.54, 1.807) is 32.1 Å². The van der Waals surface area contributed by atoms with Crippen LogP contribution in [0.5, 0.6) is 23.0 Å². The van der Waals surface area contributed by atoms with Crippen molar-refractivity contribution in [3.05, 3.63) is 46.3 Å². The Labute approximate surface area is 254 Å². The molecule has 0 radical (unpaired) electrons. The van der Waals surface area contributed by atoms with Gasteiger partial charge in [0.1, 0.15) is 6.29 Å². The molecule has 0 fully saturated rings. The molecular weight excluding hydrogens is 576 g/mol. The van der Waals surface area contributed by atoms with Gasteiger partial charge in [-0.3, -0.25) is 14.4 Å². The average Bonchev–Trinajstić information content (AvgIpc) is 3.62. The van der Waals surface area contributed by atoms with E-state index in [1.165, 1.54) is 11.3 Å². The fourth-order valence-electron chi connectivity index (χ4n) is 4.64. The fourth-order valence-corrected chi connectivity index (χ4v) is 5.63. The molecule has 0 spiro atoms. The van der Waals surface area contributed by atoms with E-state index < -0.39 is 0 Å². The van der Waals surface area contributed by atoms with Crippen molar-refractivity contribution >= 4 is 45.5 Å². The summed E-state index contributed by atoms with van der Waals surface area (Å²) < 4.78 is 28.9. The number of nitrogens with zero attached hydrogens (tertiary/aromatic N) is 1. The molecule has 2 amide bonds. The number of fused-ring (bicyclic) bond motifs is 2. The van der Waals surface area contributed by atoms with Crippen LogP contribution in [0.3, 0.4) is 0 Å². The Kier molecular flexibility index (Phi) is 11.2. The van der Waals surface area contributed by atoms with Gasteiger partial charge in [0.15, 0.2) is 23.0 Å². The number of carbonyl (C=O) groups excluding carboxylic acids is 4. The lowest BCUT2D eigenvalue weighted by molar-refractivity contribution is -0.145. The highest BCUT2D eigenvalue weighted by Crippen LogP contribution is 2.37. The van der Waals surface area contributed by atoms with Crippen LogP contribution in [0.4, 0.5) is 0 Å². The van der Waals surface area contributed by atoms with Crippen LogP contribution in [0, 0.1) is 0 Å². The van der Waals surface area contributed by atoms with Crippen LogP contribution in [-0.2, 0) is 32.2 Å². The molecule has 0 aliphatic carbocycles. The fraction of sp³-hybridized carbons (Fsp3) is 0.419. The molecule has 11 nitrogen and oxygen atoms in total. The molecule has 0 bridgehead atoms. The van der Waals surface area contributed by atoms with Crippen molar-refractivity contribution in [1.29, 1.82) is 0 Å². The van der Waals surface area contributed by atoms with Crippen LogP contribution in [0.15, 0.2) is 30.3 Å². The van der Waals surface area contributed by atoms with Gasteiger partial charge in [-0.05, 0) is 47.7 Å². The van der Waals surface area contributed by atoms with E-state index in [4.69, 9.17) is 23.7 Å². The Morgan fingerprint density at radius 1 is 0.907 bits per heavy atom. The molecule has 0 atom stereocenters. The van der Waals surface area contributed by atoms with E-state index in [-0.39, 0.29) is 37.0 Å². The molecule has 1 aliphatic heterocycles. The van der Waals surface area contributed by atoms with Crippen LogP contribution < -0.4 is 24.3 Å². The lowest BCUT2D eigenvalue weighted by Crippen LogP contribution is -2.25. The molecule has 12 heteroatoms. The minimum atomic E-state index is -0.374. The summed E-state index contributed by atoms with van der Waals surface area (Å²) in [6, 6.07) is 9.26. The second kappa shape index (κ2) is 15.2. The van der Waals surface area contributed by atoms with Gasteiger partial charge in [-0.2, -0.15) is 0 Å². The number of ether oxygens (including phenoxy) is 5. The van der Waals surface area contributed by atoms with Crippen LogP contribution in [0.1, 0.15) is 53.4 Å². The second-order valence-corrected chi connectivity index (χ2v) is 10.8. The number of methoxy groups -OCH3 is 2. The molecule has 43 heavy (non-hydrogen) atoms. The molecule has 3 aromatic rings. The Hall–Kier alpha value is -4.32. The minimum absolute atomic E-state index is 0.0634. The van der Waals surface area contributed by atoms with Gasteiger partial charge in [-0.25, -0.2) is 0 Å². The van der Waals surface area contributed by atoms with Crippen molar-refractivity contribution in [3.8, 4) is 23.0 Å². The zero-order valence-corrected chi connectivity index (χ0v) is 25.4. The smallest absolute Gasteiger partial charge is 0.306 e. The standard InChI is InChI=1S/C31H36N2O9S/c1-4-40-30(36)8-7-29(35)33-18-21-14-23(38-2)26(15-22(21)19-33)42-12-6-11-41-25-13-20-16-28(31(37)32-9-5-10-34)43-27(20)17-24(25)39-3/h10,13-17H,4-9,11-12,18-19H2,1-3H3,(H,32,37). The summed E-state index contributed by atoms with van der Waals surface area (Å²) in [6.07, 6.45) is 1.78. The third kappa shape index (κ3) is 8.16. The number of nitrogens with one attached hydrogen (secondary N) is 1. The Morgan fingerprint density at radius 3 is 2.21 bits per heavy atom. The lowest BCUT2D eigenvalue weighted by Gasteiger charge is -2.14. The van der Waals surface area contributed by atoms with Gasteiger partial charge >= 0.3 is 5.97 Å². The Balaban J connectivity index is 1.30. The number of carbonyl (C=O) groups is 4. The van der Waals surface area contributed by atoms with E-state index in [0.29, 0.717) is 73.8 Å². The van der Waals surface area contributed by atoms with E-state index in [9.17, 15) is 19.2 Å². The minimum Gasteiger partial charge on any atom is -0.493 e. The first-order valence-electron chi connectivity index (χ1n) is 14.1. The highest BCUT2D eigenvalue weighted by Gasteiger charge is 2.26. The Bertz CT molecular complexity index is 1470. The van der Waals surface area contributed by atoms with E-state index >= 15 is 0 Å². The normalized spacial score (nSPS) is 12.0. The molecule has 4 rings (SSSR count). The maximum absolute atomic E-state index is 12.6. The highest BCUT2D eigenvalue weighted by atomic mass is 32.1. The molecule has 2 heterocycles. The van der Waals surface area contributed by atoms with Gasteiger partial charge < -0.3 is 38.7 Å². The van der Waals surface area contributed by atoms with Gasteiger partial charge in [-0.1, -0.05) is 0 Å². The van der Waals surface area contributed by atoms with Gasteiger partial charge in [-0.15, -0.1) is 11.3 Å². The van der Waals surface area contributed by atoms with Gasteiger partial charge in [0.05, 0.1) is 45.3 Å². The SMILES string of the molecule is CCOC(=O)CCC(=O)N1Cc2cc(OC)c(OCCCOc3cc4cc(C(=O)NCCC=O)sc4cc3OC)cc2C1. The van der Waals surface area contributed by atoms with Crippen LogP contribution >= 0.6 is 11.3 Å². The zero-order chi connectivity index (χ0) is 30.8. The second-order valence-electron chi connectivity index (χ2n) is 9.74. The van der Waals surface area contributed by atoms with Crippen LogP contribution in [0.25, 0.3) is 10.1 Å². The molecule has 0 saturated carbocycles. The summed E-state index contributed by atoms with van der Waals surface area (Å²) in [5.74, 6) is 1.58. The van der Waals surface area contributed by atoms with Crippen molar-refractivity contribution in [2.45, 2.75) is 45.7 Å². The predicted molar refractivity (Wildman–Crippen MR) is 160 cm³/mol. The number of esters is 1. The number of amides is 2. The molecule has 1 N–H and O–H groups in total. The van der Waals surface area contributed by atoms with E-state index in [2.05, 4.69) is 5.32 Å². The maximum atomic E-state index is 12.6. The molecule has 0 saturated heterocycles. The van der Waals surface area contributed by atoms with Gasteiger partial charge in [0.2, 0.25) is 5.91 Å². The van der Waals surface area contributed by atoms with E-state index in [1.807, 2.05) is 24.3 Å². The number of aldehydes is 1. The van der Waals surface area contributed by atoms with Crippen molar-refractivity contribution in [2.24, 2.45) is 0 Å². The van der Waals surface area contributed by atoms with Gasteiger partial charge in [0.25, 0.3) is 5.91 Å². The first kappa shape index (κ1) is 31.6.